The summed E-state index contributed by atoms with van der Waals surface area (Å²) in [6, 6.07) is 6.83. The number of hydrogen-bond donors (Lipinski definition) is 1. The monoisotopic (exact) mass is 260 g/mol. The van der Waals surface area contributed by atoms with Gasteiger partial charge in [0, 0.05) is 18.8 Å². The molecular weight excluding hydrogens is 232 g/mol. The SMILES string of the molecule is Cc1ccc(N2CCC(C)(C)C(CCN)C2)cc1C. The lowest BCUT2D eigenvalue weighted by Crippen LogP contribution is -2.45. The maximum absolute atomic E-state index is 5.79. The van der Waals surface area contributed by atoms with Gasteiger partial charge in [-0.2, -0.15) is 0 Å². The maximum Gasteiger partial charge on any atom is 0.0369 e. The average Bonchev–Trinajstić information content (AvgIpc) is 2.35. The Kier molecular flexibility index (Phi) is 4.19. The lowest BCUT2D eigenvalue weighted by atomic mass is 9.72. The molecule has 0 radical (unpaired) electrons. The summed E-state index contributed by atoms with van der Waals surface area (Å²) in [6.45, 7) is 12.3. The van der Waals surface area contributed by atoms with Gasteiger partial charge in [-0.15, -0.1) is 0 Å². The Labute approximate surface area is 118 Å². The van der Waals surface area contributed by atoms with Gasteiger partial charge in [0.1, 0.15) is 0 Å². The molecule has 0 saturated carbocycles. The van der Waals surface area contributed by atoms with Crippen LogP contribution in [0, 0.1) is 25.2 Å². The molecule has 1 heterocycles. The van der Waals surface area contributed by atoms with E-state index >= 15 is 0 Å². The molecule has 2 heteroatoms. The summed E-state index contributed by atoms with van der Waals surface area (Å²) in [6.07, 6.45) is 2.39. The third-order valence-corrected chi connectivity index (χ3v) is 4.94. The maximum atomic E-state index is 5.79. The van der Waals surface area contributed by atoms with E-state index < -0.39 is 0 Å². The van der Waals surface area contributed by atoms with Gasteiger partial charge in [-0.25, -0.2) is 0 Å². The first-order valence-corrected chi connectivity index (χ1v) is 7.46. The van der Waals surface area contributed by atoms with Gasteiger partial charge >= 0.3 is 0 Å². The number of rotatable bonds is 3. The van der Waals surface area contributed by atoms with Crippen molar-refractivity contribution in [3.63, 3.8) is 0 Å². The predicted molar refractivity (Wildman–Crippen MR) is 83.7 cm³/mol. The smallest absolute Gasteiger partial charge is 0.0369 e. The molecule has 1 aromatic rings. The highest BCUT2D eigenvalue weighted by molar-refractivity contribution is 5.51. The molecule has 1 atom stereocenters. The second-order valence-corrected chi connectivity index (χ2v) is 6.73. The van der Waals surface area contributed by atoms with Gasteiger partial charge < -0.3 is 10.6 Å². The molecule has 2 rings (SSSR count). The summed E-state index contributed by atoms with van der Waals surface area (Å²) >= 11 is 0. The largest absolute Gasteiger partial charge is 0.371 e. The summed E-state index contributed by atoms with van der Waals surface area (Å²) in [4.78, 5) is 2.54. The minimum atomic E-state index is 0.426. The lowest BCUT2D eigenvalue weighted by Gasteiger charge is -2.45. The summed E-state index contributed by atoms with van der Waals surface area (Å²) in [5.74, 6) is 0.702. The van der Waals surface area contributed by atoms with E-state index in [4.69, 9.17) is 5.73 Å². The first-order chi connectivity index (χ1) is 8.94. The molecule has 0 aliphatic carbocycles. The van der Waals surface area contributed by atoms with Gasteiger partial charge in [0.05, 0.1) is 0 Å². The van der Waals surface area contributed by atoms with Crippen molar-refractivity contribution < 1.29 is 0 Å². The van der Waals surface area contributed by atoms with Gasteiger partial charge in [-0.3, -0.25) is 0 Å². The number of benzene rings is 1. The van der Waals surface area contributed by atoms with Gasteiger partial charge in [0.25, 0.3) is 0 Å². The Morgan fingerprint density at radius 1 is 1.26 bits per heavy atom. The van der Waals surface area contributed by atoms with E-state index in [1.165, 1.54) is 23.2 Å². The molecule has 1 saturated heterocycles. The van der Waals surface area contributed by atoms with E-state index in [2.05, 4.69) is 50.8 Å². The molecule has 1 unspecified atom stereocenters. The predicted octanol–water partition coefficient (Wildman–Crippen LogP) is 3.50. The quantitative estimate of drug-likeness (QED) is 0.901. The van der Waals surface area contributed by atoms with Gasteiger partial charge in [0.15, 0.2) is 0 Å². The second-order valence-electron chi connectivity index (χ2n) is 6.73. The molecule has 1 aromatic carbocycles. The molecule has 2 N–H and O–H groups in total. The molecule has 1 fully saturated rings. The molecule has 106 valence electrons. The van der Waals surface area contributed by atoms with Crippen molar-refractivity contribution in [3.8, 4) is 0 Å². The fourth-order valence-electron chi connectivity index (χ4n) is 3.07. The first kappa shape index (κ1) is 14.4. The first-order valence-electron chi connectivity index (χ1n) is 7.46. The van der Waals surface area contributed by atoms with Crippen molar-refractivity contribution in [2.24, 2.45) is 17.1 Å². The van der Waals surface area contributed by atoms with E-state index in [1.54, 1.807) is 0 Å². The summed E-state index contributed by atoms with van der Waals surface area (Å²) < 4.78 is 0. The van der Waals surface area contributed by atoms with E-state index in [0.29, 0.717) is 11.3 Å². The molecule has 0 aromatic heterocycles. The molecule has 19 heavy (non-hydrogen) atoms. The van der Waals surface area contributed by atoms with E-state index in [9.17, 15) is 0 Å². The fourth-order valence-corrected chi connectivity index (χ4v) is 3.07. The number of nitrogens with zero attached hydrogens (tertiary/aromatic N) is 1. The van der Waals surface area contributed by atoms with E-state index in [-0.39, 0.29) is 0 Å². The Bertz CT molecular complexity index is 437. The zero-order chi connectivity index (χ0) is 14.0. The molecular formula is C17H28N2. The third kappa shape index (κ3) is 3.11. The fraction of sp³-hybridized carbons (Fsp3) is 0.647. The minimum absolute atomic E-state index is 0.426. The molecule has 2 nitrogen and oxygen atoms in total. The number of piperidine rings is 1. The minimum Gasteiger partial charge on any atom is -0.371 e. The highest BCUT2D eigenvalue weighted by atomic mass is 15.1. The summed E-state index contributed by atoms with van der Waals surface area (Å²) in [5.41, 5.74) is 10.4. The summed E-state index contributed by atoms with van der Waals surface area (Å²) in [5, 5.41) is 0. The zero-order valence-electron chi connectivity index (χ0n) is 12.9. The van der Waals surface area contributed by atoms with Gasteiger partial charge in [-0.1, -0.05) is 19.9 Å². The van der Waals surface area contributed by atoms with Gasteiger partial charge in [0.2, 0.25) is 0 Å². The van der Waals surface area contributed by atoms with Crippen LogP contribution in [-0.4, -0.2) is 19.6 Å². The Balaban J connectivity index is 2.16. The molecule has 0 amide bonds. The van der Waals surface area contributed by atoms with Crippen LogP contribution in [0.25, 0.3) is 0 Å². The average molecular weight is 260 g/mol. The topological polar surface area (TPSA) is 29.3 Å². The third-order valence-electron chi connectivity index (χ3n) is 4.94. The Hall–Kier alpha value is -1.02. The van der Waals surface area contributed by atoms with Crippen LogP contribution in [0.1, 0.15) is 37.8 Å². The molecule has 1 aliphatic rings. The van der Waals surface area contributed by atoms with E-state index in [0.717, 1.165) is 26.1 Å². The summed E-state index contributed by atoms with van der Waals surface area (Å²) in [7, 11) is 0. The highest BCUT2D eigenvalue weighted by Crippen LogP contribution is 2.39. The van der Waals surface area contributed by atoms with Gasteiger partial charge in [-0.05, 0) is 67.8 Å². The van der Waals surface area contributed by atoms with Crippen LogP contribution < -0.4 is 10.6 Å². The van der Waals surface area contributed by atoms with Crippen LogP contribution in [0.15, 0.2) is 18.2 Å². The van der Waals surface area contributed by atoms with Crippen molar-refractivity contribution in [1.29, 1.82) is 0 Å². The Morgan fingerprint density at radius 3 is 2.63 bits per heavy atom. The second kappa shape index (κ2) is 5.54. The van der Waals surface area contributed by atoms with Crippen molar-refractivity contribution in [3.05, 3.63) is 29.3 Å². The van der Waals surface area contributed by atoms with E-state index in [1.807, 2.05) is 0 Å². The van der Waals surface area contributed by atoms with Crippen LogP contribution in [0.5, 0.6) is 0 Å². The van der Waals surface area contributed by atoms with Crippen LogP contribution in [0.2, 0.25) is 0 Å². The van der Waals surface area contributed by atoms with Crippen LogP contribution >= 0.6 is 0 Å². The normalized spacial score (nSPS) is 22.6. The van der Waals surface area contributed by atoms with Crippen molar-refractivity contribution >= 4 is 5.69 Å². The molecule has 0 spiro atoms. The molecule has 0 bridgehead atoms. The number of hydrogen-bond acceptors (Lipinski definition) is 2. The number of nitrogens with two attached hydrogens (primary N) is 1. The lowest BCUT2D eigenvalue weighted by molar-refractivity contribution is 0.163. The van der Waals surface area contributed by atoms with Crippen LogP contribution in [-0.2, 0) is 0 Å². The highest BCUT2D eigenvalue weighted by Gasteiger charge is 2.34. The van der Waals surface area contributed by atoms with Crippen molar-refractivity contribution in [1.82, 2.24) is 0 Å². The zero-order valence-corrected chi connectivity index (χ0v) is 12.9. The van der Waals surface area contributed by atoms with Crippen molar-refractivity contribution in [2.45, 2.75) is 40.5 Å². The number of anilines is 1. The van der Waals surface area contributed by atoms with Crippen molar-refractivity contribution in [2.75, 3.05) is 24.5 Å². The standard InChI is InChI=1S/C17H28N2/c1-13-5-6-16(11-14(13)2)19-10-8-17(3,4)15(12-19)7-9-18/h5-6,11,15H,7-10,12,18H2,1-4H3. The number of aryl methyl sites for hydroxylation is 2. The van der Waals surface area contributed by atoms with Crippen LogP contribution in [0.4, 0.5) is 5.69 Å². The molecule has 1 aliphatic heterocycles. The van der Waals surface area contributed by atoms with Crippen LogP contribution in [0.3, 0.4) is 0 Å². The Morgan fingerprint density at radius 2 is 2.00 bits per heavy atom.